The van der Waals surface area contributed by atoms with Crippen LogP contribution in [0.4, 0.5) is 5.69 Å². The van der Waals surface area contributed by atoms with Crippen molar-refractivity contribution in [1.29, 1.82) is 0 Å². The third-order valence-corrected chi connectivity index (χ3v) is 6.56. The molecular weight excluding hydrogens is 348 g/mol. The largest absolute Gasteiger partial charge is 0.309 e. The molecule has 6 heteroatoms. The van der Waals surface area contributed by atoms with Gasteiger partial charge < -0.3 is 4.90 Å². The van der Waals surface area contributed by atoms with Crippen LogP contribution in [0.1, 0.15) is 36.5 Å². The fraction of sp³-hybridized carbons (Fsp3) is 0.350. The van der Waals surface area contributed by atoms with E-state index in [1.54, 1.807) is 23.1 Å². The van der Waals surface area contributed by atoms with Crippen LogP contribution in [0.5, 0.6) is 0 Å². The van der Waals surface area contributed by atoms with Gasteiger partial charge in [0.15, 0.2) is 0 Å². The molecule has 1 saturated heterocycles. The molecule has 0 saturated carbocycles. The van der Waals surface area contributed by atoms with Crippen molar-refractivity contribution in [3.63, 3.8) is 0 Å². The molecule has 1 aliphatic rings. The van der Waals surface area contributed by atoms with E-state index in [0.717, 1.165) is 24.9 Å². The maximum Gasteiger partial charge on any atom is 0.258 e. The topological polar surface area (TPSA) is 57.7 Å². The summed E-state index contributed by atoms with van der Waals surface area (Å²) in [5.41, 5.74) is 1.18. The van der Waals surface area contributed by atoms with Crippen LogP contribution in [-0.2, 0) is 10.0 Å². The van der Waals surface area contributed by atoms with E-state index in [9.17, 15) is 13.2 Å². The van der Waals surface area contributed by atoms with E-state index in [2.05, 4.69) is 0 Å². The van der Waals surface area contributed by atoms with Gasteiger partial charge in [0.1, 0.15) is 0 Å². The third kappa shape index (κ3) is 3.81. The number of benzene rings is 2. The summed E-state index contributed by atoms with van der Waals surface area (Å²) < 4.78 is 27.3. The molecule has 3 rings (SSSR count). The molecular formula is C20H24N2O3S. The number of hydrogen-bond acceptors (Lipinski definition) is 3. The maximum absolute atomic E-state index is 12.9. The predicted molar refractivity (Wildman–Crippen MR) is 103 cm³/mol. The lowest BCUT2D eigenvalue weighted by Gasteiger charge is -2.26. The number of sulfonamides is 1. The Kier molecular flexibility index (Phi) is 5.74. The summed E-state index contributed by atoms with van der Waals surface area (Å²) in [7, 11) is -3.55. The van der Waals surface area contributed by atoms with Crippen molar-refractivity contribution in [3.8, 4) is 0 Å². The van der Waals surface area contributed by atoms with Gasteiger partial charge in [-0.2, -0.15) is 4.31 Å². The summed E-state index contributed by atoms with van der Waals surface area (Å²) in [6, 6.07) is 15.8. The number of nitrogens with zero attached hydrogens (tertiary/aromatic N) is 2. The van der Waals surface area contributed by atoms with Crippen molar-refractivity contribution in [3.05, 3.63) is 60.2 Å². The highest BCUT2D eigenvalue weighted by Crippen LogP contribution is 2.23. The van der Waals surface area contributed by atoms with Gasteiger partial charge >= 0.3 is 0 Å². The standard InChI is InChI=1S/C20H24N2O3S/c1-2-22(18-11-5-3-6-12-18)20(23)17-10-9-13-19(16-17)26(24,25)21-14-7-4-8-15-21/h3,5-6,9-13,16H,2,4,7-8,14-15H2,1H3. The van der Waals surface area contributed by atoms with Crippen molar-refractivity contribution >= 4 is 21.6 Å². The molecule has 5 nitrogen and oxygen atoms in total. The number of rotatable bonds is 5. The smallest absolute Gasteiger partial charge is 0.258 e. The zero-order valence-corrected chi connectivity index (χ0v) is 15.8. The molecule has 1 heterocycles. The second kappa shape index (κ2) is 8.01. The van der Waals surface area contributed by atoms with E-state index in [1.165, 1.54) is 10.4 Å². The Hall–Kier alpha value is -2.18. The molecule has 1 fully saturated rings. The highest BCUT2D eigenvalue weighted by Gasteiger charge is 2.27. The second-order valence-corrected chi connectivity index (χ2v) is 8.32. The molecule has 0 atom stereocenters. The molecule has 26 heavy (non-hydrogen) atoms. The first-order valence-electron chi connectivity index (χ1n) is 9.01. The quantitative estimate of drug-likeness (QED) is 0.807. The van der Waals surface area contributed by atoms with Gasteiger partial charge in [0.25, 0.3) is 5.91 Å². The number of hydrogen-bond donors (Lipinski definition) is 0. The summed E-state index contributed by atoms with van der Waals surface area (Å²) in [6.45, 7) is 3.50. The van der Waals surface area contributed by atoms with Crippen LogP contribution >= 0.6 is 0 Å². The minimum atomic E-state index is -3.55. The molecule has 0 aromatic heterocycles. The first-order chi connectivity index (χ1) is 12.5. The number of amides is 1. The summed E-state index contributed by atoms with van der Waals surface area (Å²) in [6.07, 6.45) is 2.83. The lowest BCUT2D eigenvalue weighted by Crippen LogP contribution is -2.36. The summed E-state index contributed by atoms with van der Waals surface area (Å²) in [4.78, 5) is 14.8. The van der Waals surface area contributed by atoms with Gasteiger partial charge in [0.2, 0.25) is 10.0 Å². The van der Waals surface area contributed by atoms with E-state index in [4.69, 9.17) is 0 Å². The average Bonchev–Trinajstić information content (AvgIpc) is 2.70. The van der Waals surface area contributed by atoms with E-state index in [0.29, 0.717) is 25.2 Å². The molecule has 1 amide bonds. The summed E-state index contributed by atoms with van der Waals surface area (Å²) in [5.74, 6) is -0.200. The van der Waals surface area contributed by atoms with Gasteiger partial charge in [-0.15, -0.1) is 0 Å². The molecule has 2 aromatic carbocycles. The SMILES string of the molecule is CCN(C(=O)c1cccc(S(=O)(=O)N2CCCCC2)c1)c1ccccc1. The number of carbonyl (C=O) groups is 1. The van der Waals surface area contributed by atoms with E-state index < -0.39 is 10.0 Å². The normalized spacial score (nSPS) is 15.6. The van der Waals surface area contributed by atoms with Crippen LogP contribution in [-0.4, -0.2) is 38.3 Å². The first-order valence-corrected chi connectivity index (χ1v) is 10.4. The first kappa shape index (κ1) is 18.6. The van der Waals surface area contributed by atoms with Gasteiger partial charge in [-0.25, -0.2) is 8.42 Å². The van der Waals surface area contributed by atoms with Gasteiger partial charge in [0, 0.05) is 30.9 Å². The lowest BCUT2D eigenvalue weighted by atomic mass is 10.2. The van der Waals surface area contributed by atoms with Crippen molar-refractivity contribution < 1.29 is 13.2 Å². The fourth-order valence-electron chi connectivity index (χ4n) is 3.25. The lowest BCUT2D eigenvalue weighted by molar-refractivity contribution is 0.0988. The van der Waals surface area contributed by atoms with E-state index in [-0.39, 0.29) is 10.8 Å². The average molecular weight is 372 g/mol. The van der Waals surface area contributed by atoms with Crippen molar-refractivity contribution in [1.82, 2.24) is 4.31 Å². The van der Waals surface area contributed by atoms with E-state index >= 15 is 0 Å². The minimum Gasteiger partial charge on any atom is -0.309 e. The van der Waals surface area contributed by atoms with Gasteiger partial charge in [-0.05, 0) is 50.1 Å². The molecule has 138 valence electrons. The fourth-order valence-corrected chi connectivity index (χ4v) is 4.81. The van der Waals surface area contributed by atoms with Crippen LogP contribution < -0.4 is 4.90 Å². The molecule has 2 aromatic rings. The van der Waals surface area contributed by atoms with Crippen molar-refractivity contribution in [2.45, 2.75) is 31.1 Å². The molecule has 0 spiro atoms. The minimum absolute atomic E-state index is 0.189. The number of piperidine rings is 1. The third-order valence-electron chi connectivity index (χ3n) is 4.66. The van der Waals surface area contributed by atoms with Crippen LogP contribution in [0.25, 0.3) is 0 Å². The zero-order chi connectivity index (χ0) is 18.6. The van der Waals surface area contributed by atoms with Crippen molar-refractivity contribution in [2.24, 2.45) is 0 Å². The Bertz CT molecular complexity index is 860. The van der Waals surface area contributed by atoms with Gasteiger partial charge in [-0.1, -0.05) is 30.7 Å². The molecule has 0 aliphatic carbocycles. The highest BCUT2D eigenvalue weighted by molar-refractivity contribution is 7.89. The van der Waals surface area contributed by atoms with Crippen LogP contribution in [0.3, 0.4) is 0 Å². The predicted octanol–water partition coefficient (Wildman–Crippen LogP) is 3.53. The second-order valence-electron chi connectivity index (χ2n) is 6.38. The highest BCUT2D eigenvalue weighted by atomic mass is 32.2. The molecule has 0 bridgehead atoms. The Morgan fingerprint density at radius 1 is 1.00 bits per heavy atom. The number of carbonyl (C=O) groups excluding carboxylic acids is 1. The molecule has 1 aliphatic heterocycles. The number of anilines is 1. The summed E-state index contributed by atoms with van der Waals surface area (Å²) in [5, 5.41) is 0. The van der Waals surface area contributed by atoms with E-state index in [1.807, 2.05) is 37.3 Å². The van der Waals surface area contributed by atoms with Gasteiger partial charge in [0.05, 0.1) is 4.90 Å². The molecule has 0 unspecified atom stereocenters. The number of para-hydroxylation sites is 1. The monoisotopic (exact) mass is 372 g/mol. The van der Waals surface area contributed by atoms with Crippen molar-refractivity contribution in [2.75, 3.05) is 24.5 Å². The summed E-state index contributed by atoms with van der Waals surface area (Å²) >= 11 is 0. The Morgan fingerprint density at radius 3 is 2.35 bits per heavy atom. The van der Waals surface area contributed by atoms with Crippen LogP contribution in [0.2, 0.25) is 0 Å². The maximum atomic E-state index is 12.9. The Labute approximate surface area is 155 Å². The van der Waals surface area contributed by atoms with Crippen LogP contribution in [0.15, 0.2) is 59.5 Å². The molecule has 0 N–H and O–H groups in total. The van der Waals surface area contributed by atoms with Crippen LogP contribution in [0, 0.1) is 0 Å². The Morgan fingerprint density at radius 2 is 1.69 bits per heavy atom. The zero-order valence-electron chi connectivity index (χ0n) is 15.0. The molecule has 0 radical (unpaired) electrons. The Balaban J connectivity index is 1.90. The van der Waals surface area contributed by atoms with Gasteiger partial charge in [-0.3, -0.25) is 4.79 Å².